The van der Waals surface area contributed by atoms with Crippen molar-refractivity contribution >= 4 is 44.2 Å². The van der Waals surface area contributed by atoms with E-state index in [1.54, 1.807) is 18.5 Å². The average molecular weight is 423 g/mol. The molecule has 0 aliphatic rings. The number of rotatable bonds is 5. The number of hydrogen-bond donors (Lipinski definition) is 2. The fourth-order valence-electron chi connectivity index (χ4n) is 2.54. The van der Waals surface area contributed by atoms with Crippen LogP contribution in [-0.2, 0) is 6.61 Å². The number of ether oxygens (including phenoxy) is 1. The Balaban J connectivity index is 1.54. The van der Waals surface area contributed by atoms with E-state index in [2.05, 4.69) is 41.2 Å². The zero-order chi connectivity index (χ0) is 18.6. The Bertz CT molecular complexity index is 1090. The Morgan fingerprint density at radius 1 is 1.04 bits per heavy atom. The van der Waals surface area contributed by atoms with Crippen LogP contribution in [0, 0.1) is 0 Å². The summed E-state index contributed by atoms with van der Waals surface area (Å²) < 4.78 is 6.65. The lowest BCUT2D eigenvalue weighted by atomic mass is 10.2. The van der Waals surface area contributed by atoms with Crippen LogP contribution in [0.25, 0.3) is 10.9 Å². The van der Waals surface area contributed by atoms with Crippen LogP contribution in [0.4, 0.5) is 17.3 Å². The smallest absolute Gasteiger partial charge is 0.141 e. The number of fused-ring (bicyclic) bond motifs is 1. The molecule has 0 aliphatic carbocycles. The van der Waals surface area contributed by atoms with Crippen molar-refractivity contribution in [3.8, 4) is 5.75 Å². The molecule has 0 unspecified atom stereocenters. The van der Waals surface area contributed by atoms with Gasteiger partial charge in [0, 0.05) is 17.3 Å². The van der Waals surface area contributed by atoms with Crippen LogP contribution in [0.2, 0.25) is 0 Å². The van der Waals surface area contributed by atoms with E-state index in [0.717, 1.165) is 32.5 Å². The maximum Gasteiger partial charge on any atom is 0.141 e. The van der Waals surface area contributed by atoms with Crippen molar-refractivity contribution in [2.45, 2.75) is 6.61 Å². The van der Waals surface area contributed by atoms with Crippen molar-refractivity contribution in [3.05, 3.63) is 71.4 Å². The molecule has 0 bridgehead atoms. The molecule has 3 heterocycles. The van der Waals surface area contributed by atoms with Crippen molar-refractivity contribution in [2.24, 2.45) is 0 Å². The predicted octanol–water partition coefficient (Wildman–Crippen LogP) is 4.09. The summed E-state index contributed by atoms with van der Waals surface area (Å²) in [5, 5.41) is 4.09. The Hall–Kier alpha value is -3.26. The molecule has 4 aromatic rings. The summed E-state index contributed by atoms with van der Waals surface area (Å²) in [6, 6.07) is 13.2. The monoisotopic (exact) mass is 422 g/mol. The lowest BCUT2D eigenvalue weighted by Crippen LogP contribution is -2.00. The summed E-state index contributed by atoms with van der Waals surface area (Å²) in [6.45, 7) is 0.398. The molecule has 0 radical (unpaired) electrons. The fourth-order valence-corrected chi connectivity index (χ4v) is 3.04. The molecule has 7 nitrogen and oxygen atoms in total. The number of aromatic nitrogens is 4. The van der Waals surface area contributed by atoms with Gasteiger partial charge in [-0.15, -0.1) is 0 Å². The first kappa shape index (κ1) is 17.2. The van der Waals surface area contributed by atoms with Crippen molar-refractivity contribution in [1.82, 2.24) is 19.9 Å². The van der Waals surface area contributed by atoms with E-state index in [-0.39, 0.29) is 0 Å². The molecule has 0 saturated carbocycles. The van der Waals surface area contributed by atoms with Gasteiger partial charge >= 0.3 is 0 Å². The average Bonchev–Trinajstić information content (AvgIpc) is 2.69. The topological polar surface area (TPSA) is 98.8 Å². The van der Waals surface area contributed by atoms with Crippen LogP contribution in [0.1, 0.15) is 5.69 Å². The Kier molecular flexibility index (Phi) is 4.80. The van der Waals surface area contributed by atoms with Gasteiger partial charge in [-0.1, -0.05) is 6.07 Å². The SMILES string of the molecule is Nc1cc2c(Nc3ccc(OCc4ccccn4)c(Br)c3)ncnc2cn1. The molecule has 3 aromatic heterocycles. The molecule has 0 fully saturated rings. The van der Waals surface area contributed by atoms with Gasteiger partial charge in [0.05, 0.1) is 21.9 Å². The van der Waals surface area contributed by atoms with E-state index < -0.39 is 0 Å². The van der Waals surface area contributed by atoms with Gasteiger partial charge in [-0.3, -0.25) is 4.98 Å². The summed E-state index contributed by atoms with van der Waals surface area (Å²) in [4.78, 5) is 16.8. The van der Waals surface area contributed by atoms with Gasteiger partial charge in [0.1, 0.15) is 30.3 Å². The molecule has 4 rings (SSSR count). The maximum absolute atomic E-state index is 5.83. The lowest BCUT2D eigenvalue weighted by Gasteiger charge is -2.12. The van der Waals surface area contributed by atoms with Crippen molar-refractivity contribution < 1.29 is 4.74 Å². The Morgan fingerprint density at radius 3 is 2.78 bits per heavy atom. The number of nitrogens with one attached hydrogen (secondary N) is 1. The zero-order valence-corrected chi connectivity index (χ0v) is 15.7. The number of halogens is 1. The quantitative estimate of drug-likeness (QED) is 0.499. The van der Waals surface area contributed by atoms with Gasteiger partial charge in [-0.2, -0.15) is 0 Å². The first-order valence-electron chi connectivity index (χ1n) is 8.14. The molecule has 0 spiro atoms. The van der Waals surface area contributed by atoms with Crippen LogP contribution in [0.5, 0.6) is 5.75 Å². The molecule has 1 aromatic carbocycles. The highest BCUT2D eigenvalue weighted by Gasteiger charge is 2.08. The molecule has 27 heavy (non-hydrogen) atoms. The second-order valence-electron chi connectivity index (χ2n) is 5.73. The van der Waals surface area contributed by atoms with Crippen molar-refractivity contribution in [2.75, 3.05) is 11.1 Å². The van der Waals surface area contributed by atoms with Crippen LogP contribution in [0.15, 0.2) is 65.7 Å². The molecule has 0 atom stereocenters. The predicted molar refractivity (Wildman–Crippen MR) is 108 cm³/mol. The Labute approximate surface area is 163 Å². The van der Waals surface area contributed by atoms with E-state index >= 15 is 0 Å². The van der Waals surface area contributed by atoms with Gasteiger partial charge in [0.25, 0.3) is 0 Å². The van der Waals surface area contributed by atoms with Gasteiger partial charge in [0.15, 0.2) is 0 Å². The summed E-state index contributed by atoms with van der Waals surface area (Å²) in [7, 11) is 0. The minimum absolute atomic E-state index is 0.398. The molecule has 0 aliphatic heterocycles. The van der Waals surface area contributed by atoms with Crippen molar-refractivity contribution in [3.63, 3.8) is 0 Å². The third-order valence-electron chi connectivity index (χ3n) is 3.84. The zero-order valence-electron chi connectivity index (χ0n) is 14.1. The third-order valence-corrected chi connectivity index (χ3v) is 4.46. The van der Waals surface area contributed by atoms with E-state index in [4.69, 9.17) is 10.5 Å². The van der Waals surface area contributed by atoms with E-state index in [1.165, 1.54) is 6.33 Å². The summed E-state index contributed by atoms with van der Waals surface area (Å²) in [5.41, 5.74) is 8.22. The molecule has 134 valence electrons. The second kappa shape index (κ2) is 7.55. The summed E-state index contributed by atoms with van der Waals surface area (Å²) >= 11 is 3.55. The number of hydrogen-bond acceptors (Lipinski definition) is 7. The number of pyridine rings is 2. The number of anilines is 3. The second-order valence-corrected chi connectivity index (χ2v) is 6.58. The molecule has 3 N–H and O–H groups in total. The van der Waals surface area contributed by atoms with E-state index in [9.17, 15) is 0 Å². The highest BCUT2D eigenvalue weighted by molar-refractivity contribution is 9.10. The molecule has 0 saturated heterocycles. The molecular formula is C19H15BrN6O. The van der Waals surface area contributed by atoms with Gasteiger partial charge in [-0.25, -0.2) is 15.0 Å². The molecule has 8 heteroatoms. The highest BCUT2D eigenvalue weighted by atomic mass is 79.9. The van der Waals surface area contributed by atoms with E-state index in [0.29, 0.717) is 18.2 Å². The summed E-state index contributed by atoms with van der Waals surface area (Å²) in [6.07, 6.45) is 4.86. The van der Waals surface area contributed by atoms with Crippen molar-refractivity contribution in [1.29, 1.82) is 0 Å². The van der Waals surface area contributed by atoms with E-state index in [1.807, 2.05) is 36.4 Å². The minimum Gasteiger partial charge on any atom is -0.486 e. The number of nitrogens with zero attached hydrogens (tertiary/aromatic N) is 4. The normalized spacial score (nSPS) is 10.7. The maximum atomic E-state index is 5.83. The Morgan fingerprint density at radius 2 is 1.96 bits per heavy atom. The summed E-state index contributed by atoms with van der Waals surface area (Å²) in [5.74, 6) is 1.80. The van der Waals surface area contributed by atoms with Crippen LogP contribution in [0.3, 0.4) is 0 Å². The number of nitrogens with two attached hydrogens (primary N) is 1. The van der Waals surface area contributed by atoms with Crippen LogP contribution in [-0.4, -0.2) is 19.9 Å². The van der Waals surface area contributed by atoms with Gasteiger partial charge in [-0.05, 0) is 52.3 Å². The van der Waals surface area contributed by atoms with Crippen LogP contribution >= 0.6 is 15.9 Å². The lowest BCUT2D eigenvalue weighted by molar-refractivity contribution is 0.299. The largest absolute Gasteiger partial charge is 0.486 e. The fraction of sp³-hybridized carbons (Fsp3) is 0.0526. The standard InChI is InChI=1S/C19H15BrN6O/c20-15-7-12(4-5-17(15)27-10-13-3-1-2-6-22-13)26-19-14-8-18(21)23-9-16(14)24-11-25-19/h1-9,11H,10H2,(H2,21,23)(H,24,25,26). The number of nitrogen functional groups attached to an aromatic ring is 1. The van der Waals surface area contributed by atoms with Crippen LogP contribution < -0.4 is 15.8 Å². The highest BCUT2D eigenvalue weighted by Crippen LogP contribution is 2.31. The molecular weight excluding hydrogens is 408 g/mol. The molecule has 0 amide bonds. The van der Waals surface area contributed by atoms with Gasteiger partial charge < -0.3 is 15.8 Å². The first-order valence-corrected chi connectivity index (χ1v) is 8.94. The number of benzene rings is 1. The minimum atomic E-state index is 0.398. The third kappa shape index (κ3) is 3.95. The first-order chi connectivity index (χ1) is 13.2. The van der Waals surface area contributed by atoms with Gasteiger partial charge in [0.2, 0.25) is 0 Å².